The van der Waals surface area contributed by atoms with Gasteiger partial charge in [0.25, 0.3) is 0 Å². The number of nitrogens with one attached hydrogen (secondary N) is 1. The van der Waals surface area contributed by atoms with Gasteiger partial charge in [0.05, 0.1) is 0 Å². The van der Waals surface area contributed by atoms with Gasteiger partial charge in [-0.15, -0.1) is 0 Å². The van der Waals surface area contributed by atoms with Gasteiger partial charge in [0.1, 0.15) is 11.6 Å². The van der Waals surface area contributed by atoms with Crippen LogP contribution < -0.4 is 5.32 Å². The molecule has 1 aromatic carbocycles. The first-order valence-corrected chi connectivity index (χ1v) is 6.27. The molecule has 0 saturated heterocycles. The third kappa shape index (κ3) is 2.53. The van der Waals surface area contributed by atoms with Gasteiger partial charge in [0.15, 0.2) is 5.58 Å². The van der Waals surface area contributed by atoms with Gasteiger partial charge in [-0.05, 0) is 25.5 Å². The Morgan fingerprint density at radius 1 is 1.39 bits per heavy atom. The van der Waals surface area contributed by atoms with Crippen molar-refractivity contribution >= 4 is 17.0 Å². The predicted octanol–water partition coefficient (Wildman–Crippen LogP) is 3.05. The first-order valence-electron chi connectivity index (χ1n) is 6.27. The molecule has 1 N–H and O–H groups in total. The first kappa shape index (κ1) is 12.6. The topological polar surface area (TPSA) is 55.1 Å². The molecule has 1 aromatic heterocycles. The molecule has 2 atom stereocenters. The van der Waals surface area contributed by atoms with Gasteiger partial charge in [-0.1, -0.05) is 26.0 Å². The fourth-order valence-corrected chi connectivity index (χ4v) is 1.68. The Kier molecular flexibility index (Phi) is 3.65. The maximum Gasteiger partial charge on any atom is 0.223 e. The lowest BCUT2D eigenvalue weighted by Gasteiger charge is -2.13. The summed E-state index contributed by atoms with van der Waals surface area (Å²) in [6, 6.07) is 7.37. The molecule has 0 aliphatic rings. The number of para-hydroxylation sites is 2. The predicted molar refractivity (Wildman–Crippen MR) is 70.0 cm³/mol. The van der Waals surface area contributed by atoms with Crippen LogP contribution in [0.1, 0.15) is 39.1 Å². The van der Waals surface area contributed by atoms with E-state index in [1.807, 2.05) is 45.0 Å². The van der Waals surface area contributed by atoms with Crippen LogP contribution >= 0.6 is 0 Å². The fraction of sp³-hybridized carbons (Fsp3) is 0.429. The summed E-state index contributed by atoms with van der Waals surface area (Å²) in [5.74, 6) is 0.594. The van der Waals surface area contributed by atoms with Crippen LogP contribution in [-0.2, 0) is 4.79 Å². The Morgan fingerprint density at radius 2 is 2.11 bits per heavy atom. The van der Waals surface area contributed by atoms with Gasteiger partial charge in [-0.3, -0.25) is 4.79 Å². The molecular formula is C14H18N2O2. The van der Waals surface area contributed by atoms with Crippen molar-refractivity contribution in [1.82, 2.24) is 10.3 Å². The third-order valence-corrected chi connectivity index (χ3v) is 3.10. The highest BCUT2D eigenvalue weighted by Gasteiger charge is 2.18. The lowest BCUT2D eigenvalue weighted by Crippen LogP contribution is -2.31. The fourth-order valence-electron chi connectivity index (χ4n) is 1.68. The molecule has 0 saturated carbocycles. The van der Waals surface area contributed by atoms with Gasteiger partial charge in [0, 0.05) is 5.92 Å². The molecule has 2 rings (SSSR count). The van der Waals surface area contributed by atoms with Crippen LogP contribution in [0.15, 0.2) is 28.7 Å². The third-order valence-electron chi connectivity index (χ3n) is 3.10. The average Bonchev–Trinajstić information content (AvgIpc) is 2.81. The summed E-state index contributed by atoms with van der Waals surface area (Å²) in [6.45, 7) is 5.79. The minimum atomic E-state index is -0.209. The van der Waals surface area contributed by atoms with E-state index in [0.29, 0.717) is 5.89 Å². The molecule has 0 aliphatic heterocycles. The number of rotatable bonds is 4. The second-order valence-electron chi connectivity index (χ2n) is 4.56. The number of hydrogen-bond acceptors (Lipinski definition) is 3. The molecule has 0 spiro atoms. The van der Waals surface area contributed by atoms with Crippen molar-refractivity contribution in [2.75, 3.05) is 0 Å². The van der Waals surface area contributed by atoms with Gasteiger partial charge in [-0.2, -0.15) is 0 Å². The zero-order chi connectivity index (χ0) is 13.1. The number of nitrogens with zero attached hydrogens (tertiary/aromatic N) is 1. The number of benzene rings is 1. The first-order chi connectivity index (χ1) is 8.61. The van der Waals surface area contributed by atoms with Gasteiger partial charge < -0.3 is 9.73 Å². The van der Waals surface area contributed by atoms with Crippen LogP contribution in [0.4, 0.5) is 0 Å². The monoisotopic (exact) mass is 246 g/mol. The molecule has 0 fully saturated rings. The summed E-state index contributed by atoms with van der Waals surface area (Å²) >= 11 is 0. The van der Waals surface area contributed by atoms with Crippen LogP contribution in [-0.4, -0.2) is 10.9 Å². The highest BCUT2D eigenvalue weighted by molar-refractivity contribution is 5.78. The van der Waals surface area contributed by atoms with Crippen LogP contribution in [0.25, 0.3) is 11.1 Å². The number of fused-ring (bicyclic) bond motifs is 1. The molecule has 0 aliphatic carbocycles. The minimum Gasteiger partial charge on any atom is -0.438 e. The normalized spacial score (nSPS) is 14.4. The molecule has 18 heavy (non-hydrogen) atoms. The number of amides is 1. The van der Waals surface area contributed by atoms with E-state index in [1.54, 1.807) is 0 Å². The number of oxazole rings is 1. The average molecular weight is 246 g/mol. The van der Waals surface area contributed by atoms with Crippen molar-refractivity contribution in [3.8, 4) is 0 Å². The zero-order valence-corrected chi connectivity index (χ0v) is 10.9. The second-order valence-corrected chi connectivity index (χ2v) is 4.56. The SMILES string of the molecule is CCC(C)C(=O)NC(C)c1nc2ccccc2o1. The van der Waals surface area contributed by atoms with E-state index in [4.69, 9.17) is 4.42 Å². The molecule has 4 heteroatoms. The summed E-state index contributed by atoms with van der Waals surface area (Å²) in [5.41, 5.74) is 1.56. The molecule has 2 unspecified atom stereocenters. The number of aromatic nitrogens is 1. The number of hydrogen-bond donors (Lipinski definition) is 1. The molecule has 96 valence electrons. The van der Waals surface area contributed by atoms with Gasteiger partial charge in [-0.25, -0.2) is 4.98 Å². The lowest BCUT2D eigenvalue weighted by molar-refractivity contribution is -0.125. The minimum absolute atomic E-state index is 0.0110. The summed E-state index contributed by atoms with van der Waals surface area (Å²) in [6.07, 6.45) is 0.826. The standard InChI is InChI=1S/C14H18N2O2/c1-4-9(2)13(17)15-10(3)14-16-11-7-5-6-8-12(11)18-14/h5-10H,4H2,1-3H3,(H,15,17). The van der Waals surface area contributed by atoms with Crippen LogP contribution in [0, 0.1) is 5.92 Å². The Hall–Kier alpha value is -1.84. The Bertz CT molecular complexity index is 514. The molecule has 0 radical (unpaired) electrons. The van der Waals surface area contributed by atoms with E-state index in [1.165, 1.54) is 0 Å². The van der Waals surface area contributed by atoms with Gasteiger partial charge >= 0.3 is 0 Å². The number of carbonyl (C=O) groups excluding carboxylic acids is 1. The zero-order valence-electron chi connectivity index (χ0n) is 10.9. The highest BCUT2D eigenvalue weighted by atomic mass is 16.3. The quantitative estimate of drug-likeness (QED) is 0.902. The Morgan fingerprint density at radius 3 is 2.78 bits per heavy atom. The summed E-state index contributed by atoms with van der Waals surface area (Å²) in [7, 11) is 0. The lowest BCUT2D eigenvalue weighted by atomic mass is 10.1. The van der Waals surface area contributed by atoms with E-state index in [2.05, 4.69) is 10.3 Å². The number of carbonyl (C=O) groups is 1. The highest BCUT2D eigenvalue weighted by Crippen LogP contribution is 2.19. The maximum atomic E-state index is 11.8. The molecular weight excluding hydrogens is 228 g/mol. The molecule has 1 heterocycles. The maximum absolute atomic E-state index is 11.8. The largest absolute Gasteiger partial charge is 0.438 e. The van der Waals surface area contributed by atoms with Gasteiger partial charge in [0.2, 0.25) is 11.8 Å². The molecule has 2 aromatic rings. The van der Waals surface area contributed by atoms with Crippen molar-refractivity contribution in [3.05, 3.63) is 30.2 Å². The molecule has 0 bridgehead atoms. The van der Waals surface area contributed by atoms with Crippen molar-refractivity contribution in [1.29, 1.82) is 0 Å². The van der Waals surface area contributed by atoms with Crippen molar-refractivity contribution in [2.45, 2.75) is 33.2 Å². The summed E-state index contributed by atoms with van der Waals surface area (Å²) in [5, 5.41) is 2.91. The summed E-state index contributed by atoms with van der Waals surface area (Å²) < 4.78 is 5.62. The van der Waals surface area contributed by atoms with Crippen molar-refractivity contribution in [2.24, 2.45) is 5.92 Å². The van der Waals surface area contributed by atoms with Crippen LogP contribution in [0.3, 0.4) is 0 Å². The molecule has 4 nitrogen and oxygen atoms in total. The smallest absolute Gasteiger partial charge is 0.223 e. The molecule has 1 amide bonds. The Labute approximate surface area is 106 Å². The Balaban J connectivity index is 2.13. The summed E-state index contributed by atoms with van der Waals surface area (Å²) in [4.78, 5) is 16.2. The van der Waals surface area contributed by atoms with Crippen molar-refractivity contribution in [3.63, 3.8) is 0 Å². The van der Waals surface area contributed by atoms with Crippen LogP contribution in [0.5, 0.6) is 0 Å². The van der Waals surface area contributed by atoms with E-state index in [9.17, 15) is 4.79 Å². The van der Waals surface area contributed by atoms with E-state index in [0.717, 1.165) is 17.5 Å². The van der Waals surface area contributed by atoms with Crippen molar-refractivity contribution < 1.29 is 9.21 Å². The van der Waals surface area contributed by atoms with E-state index >= 15 is 0 Å². The van der Waals surface area contributed by atoms with E-state index < -0.39 is 0 Å². The second kappa shape index (κ2) is 5.21. The van der Waals surface area contributed by atoms with Crippen LogP contribution in [0.2, 0.25) is 0 Å². The van der Waals surface area contributed by atoms with E-state index in [-0.39, 0.29) is 17.9 Å².